The number of benzene rings is 2. The Labute approximate surface area is 193 Å². The van der Waals surface area contributed by atoms with Crippen LogP contribution in [0.15, 0.2) is 59.5 Å². The highest BCUT2D eigenvalue weighted by Crippen LogP contribution is 2.21. The van der Waals surface area contributed by atoms with Gasteiger partial charge in [0, 0.05) is 43.8 Å². The minimum absolute atomic E-state index is 0.109. The summed E-state index contributed by atoms with van der Waals surface area (Å²) in [4.78, 5) is 29.8. The van der Waals surface area contributed by atoms with Crippen LogP contribution in [0.2, 0.25) is 0 Å². The van der Waals surface area contributed by atoms with Crippen molar-refractivity contribution in [2.45, 2.75) is 12.2 Å². The van der Waals surface area contributed by atoms with E-state index in [-0.39, 0.29) is 29.2 Å². The first-order valence-corrected chi connectivity index (χ1v) is 10.7. The number of aromatic nitrogens is 4. The normalized spacial score (nSPS) is 18.0. The minimum Gasteiger partial charge on any atom is -0.377 e. The van der Waals surface area contributed by atoms with Crippen LogP contribution in [0.4, 0.5) is 4.39 Å². The second-order valence-electron chi connectivity index (χ2n) is 8.10. The predicted octanol–water partition coefficient (Wildman–Crippen LogP) is 2.40. The van der Waals surface area contributed by atoms with Gasteiger partial charge in [-0.2, -0.15) is 0 Å². The number of halogens is 1. The van der Waals surface area contributed by atoms with Crippen molar-refractivity contribution in [3.63, 3.8) is 0 Å². The quantitative estimate of drug-likeness (QED) is 0.488. The van der Waals surface area contributed by atoms with E-state index in [0.29, 0.717) is 40.9 Å². The van der Waals surface area contributed by atoms with Crippen LogP contribution in [0.1, 0.15) is 10.4 Å². The first kappa shape index (κ1) is 21.9. The molecule has 174 valence electrons. The number of carbonyl (C=O) groups is 1. The van der Waals surface area contributed by atoms with E-state index in [0.717, 1.165) is 0 Å². The molecule has 9 nitrogen and oxygen atoms in total. The third kappa shape index (κ3) is 3.97. The van der Waals surface area contributed by atoms with Crippen molar-refractivity contribution in [3.8, 4) is 16.9 Å². The summed E-state index contributed by atoms with van der Waals surface area (Å²) in [5.74, 6) is -0.504. The number of nitrogens with one attached hydrogen (secondary N) is 1. The Balaban J connectivity index is 1.37. The fourth-order valence-electron chi connectivity index (χ4n) is 4.18. The summed E-state index contributed by atoms with van der Waals surface area (Å²) in [6, 6.07) is 12.7. The van der Waals surface area contributed by atoms with E-state index in [1.165, 1.54) is 22.9 Å². The molecular formula is C24H22FN5O4. The van der Waals surface area contributed by atoms with Crippen molar-refractivity contribution in [3.05, 3.63) is 76.5 Å². The average Bonchev–Trinajstić information content (AvgIpc) is 3.51. The van der Waals surface area contributed by atoms with E-state index in [4.69, 9.17) is 9.47 Å². The molecule has 3 heterocycles. The maximum atomic E-state index is 13.6. The highest BCUT2D eigenvalue weighted by atomic mass is 19.1. The lowest BCUT2D eigenvalue weighted by Gasteiger charge is -2.16. The zero-order chi connectivity index (χ0) is 23.8. The predicted molar refractivity (Wildman–Crippen MR) is 122 cm³/mol. The summed E-state index contributed by atoms with van der Waals surface area (Å²) < 4.78 is 25.9. The molecule has 2 atom stereocenters. The van der Waals surface area contributed by atoms with Crippen molar-refractivity contribution < 1.29 is 18.7 Å². The van der Waals surface area contributed by atoms with Crippen LogP contribution >= 0.6 is 0 Å². The van der Waals surface area contributed by atoms with Gasteiger partial charge in [0.15, 0.2) is 0 Å². The van der Waals surface area contributed by atoms with Gasteiger partial charge in [-0.15, -0.1) is 5.10 Å². The van der Waals surface area contributed by atoms with Gasteiger partial charge in [-0.3, -0.25) is 9.59 Å². The van der Waals surface area contributed by atoms with Gasteiger partial charge in [-0.25, -0.2) is 9.07 Å². The fourth-order valence-corrected chi connectivity index (χ4v) is 4.18. The number of hydrogen-bond donors (Lipinski definition) is 1. The second kappa shape index (κ2) is 8.81. The highest BCUT2D eigenvalue weighted by Gasteiger charge is 2.35. The van der Waals surface area contributed by atoms with Gasteiger partial charge in [0.2, 0.25) is 0 Å². The van der Waals surface area contributed by atoms with Crippen molar-refractivity contribution in [2.24, 2.45) is 0 Å². The largest absolute Gasteiger partial charge is 0.377 e. The molecule has 1 N–H and O–H groups in total. The lowest BCUT2D eigenvalue weighted by atomic mass is 10.1. The van der Waals surface area contributed by atoms with Crippen LogP contribution in [0, 0.1) is 5.82 Å². The average molecular weight is 463 g/mol. The zero-order valence-electron chi connectivity index (χ0n) is 18.6. The Bertz CT molecular complexity index is 1400. The molecule has 0 unspecified atom stereocenters. The molecule has 0 bridgehead atoms. The third-order valence-electron chi connectivity index (χ3n) is 6.06. The summed E-state index contributed by atoms with van der Waals surface area (Å²) in [5, 5.41) is 8.77. The van der Waals surface area contributed by atoms with Gasteiger partial charge >= 0.3 is 0 Å². The van der Waals surface area contributed by atoms with Crippen LogP contribution in [-0.2, 0) is 9.47 Å². The number of likely N-dealkylation sites (tertiary alicyclic amines) is 1. The molecule has 0 spiro atoms. The summed E-state index contributed by atoms with van der Waals surface area (Å²) in [7, 11) is 3.21. The van der Waals surface area contributed by atoms with Crippen LogP contribution in [0.3, 0.4) is 0 Å². The van der Waals surface area contributed by atoms with Gasteiger partial charge in [0.05, 0.1) is 17.4 Å². The molecule has 34 heavy (non-hydrogen) atoms. The monoisotopic (exact) mass is 463 g/mol. The molecule has 5 rings (SSSR count). The van der Waals surface area contributed by atoms with Gasteiger partial charge in [-0.05, 0) is 48.5 Å². The number of ether oxygens (including phenoxy) is 2. The maximum absolute atomic E-state index is 13.6. The topological polar surface area (TPSA) is 102 Å². The Morgan fingerprint density at radius 1 is 1.06 bits per heavy atom. The number of fused-ring (bicyclic) bond motifs is 1. The molecule has 0 radical (unpaired) electrons. The molecule has 1 amide bonds. The summed E-state index contributed by atoms with van der Waals surface area (Å²) in [6.07, 6.45) is 1.30. The highest BCUT2D eigenvalue weighted by molar-refractivity contribution is 5.94. The standard InChI is InChI=1S/C24H22FN5O4/c1-33-21-12-29(13-22(21)34-2)24(32)14-3-6-17(7-4-14)30-11-20(27-28-30)18-10-15-9-16(25)5-8-19(15)26-23(18)31/h3-11,21-22H,12-13H2,1-2H3,(H,26,31)/t21-,22-/m0/s1. The molecule has 1 aliphatic rings. The Hall–Kier alpha value is -3.89. The smallest absolute Gasteiger partial charge is 0.258 e. The number of H-pyrrole nitrogens is 1. The van der Waals surface area contributed by atoms with Crippen LogP contribution in [0.5, 0.6) is 0 Å². The van der Waals surface area contributed by atoms with Crippen LogP contribution in [0.25, 0.3) is 27.8 Å². The van der Waals surface area contributed by atoms with E-state index < -0.39 is 5.82 Å². The van der Waals surface area contributed by atoms with Gasteiger partial charge in [-0.1, -0.05) is 5.21 Å². The van der Waals surface area contributed by atoms with Crippen molar-refractivity contribution in [1.29, 1.82) is 0 Å². The Kier molecular flexibility index (Phi) is 5.68. The Morgan fingerprint density at radius 3 is 2.44 bits per heavy atom. The summed E-state index contributed by atoms with van der Waals surface area (Å²) in [5.41, 5.74) is 2.02. The number of aromatic amines is 1. The summed E-state index contributed by atoms with van der Waals surface area (Å²) in [6.45, 7) is 0.929. The molecule has 1 fully saturated rings. The van der Waals surface area contributed by atoms with Crippen molar-refractivity contribution >= 4 is 16.8 Å². The van der Waals surface area contributed by atoms with E-state index in [1.54, 1.807) is 55.6 Å². The lowest BCUT2D eigenvalue weighted by molar-refractivity contribution is -0.00461. The number of hydrogen-bond acceptors (Lipinski definition) is 6. The molecule has 1 aliphatic heterocycles. The number of methoxy groups -OCH3 is 2. The van der Waals surface area contributed by atoms with E-state index in [9.17, 15) is 14.0 Å². The minimum atomic E-state index is -0.395. The van der Waals surface area contributed by atoms with Crippen LogP contribution in [-0.4, -0.2) is 70.3 Å². The van der Waals surface area contributed by atoms with E-state index >= 15 is 0 Å². The lowest BCUT2D eigenvalue weighted by Crippen LogP contribution is -2.30. The summed E-state index contributed by atoms with van der Waals surface area (Å²) >= 11 is 0. The van der Waals surface area contributed by atoms with Crippen molar-refractivity contribution in [1.82, 2.24) is 24.9 Å². The number of rotatable bonds is 5. The molecule has 2 aromatic heterocycles. The number of pyridine rings is 1. The van der Waals surface area contributed by atoms with Gasteiger partial charge in [0.25, 0.3) is 11.5 Å². The molecule has 10 heteroatoms. The van der Waals surface area contributed by atoms with Gasteiger partial charge < -0.3 is 19.4 Å². The third-order valence-corrected chi connectivity index (χ3v) is 6.06. The second-order valence-corrected chi connectivity index (χ2v) is 8.10. The van der Waals surface area contributed by atoms with Gasteiger partial charge in [0.1, 0.15) is 23.7 Å². The Morgan fingerprint density at radius 2 is 1.76 bits per heavy atom. The number of carbonyl (C=O) groups excluding carboxylic acids is 1. The number of nitrogens with zero attached hydrogens (tertiary/aromatic N) is 4. The SMILES string of the molecule is CO[C@H]1CN(C(=O)c2ccc(-n3cc(-c4cc5cc(F)ccc5[nH]c4=O)nn3)cc2)C[C@@H]1OC. The van der Waals surface area contributed by atoms with Crippen LogP contribution < -0.4 is 5.56 Å². The molecule has 0 saturated carbocycles. The first-order valence-electron chi connectivity index (χ1n) is 10.7. The molecule has 2 aromatic carbocycles. The molecule has 1 saturated heterocycles. The van der Waals surface area contributed by atoms with E-state index in [2.05, 4.69) is 15.3 Å². The first-order chi connectivity index (χ1) is 16.5. The molecule has 4 aromatic rings. The van der Waals surface area contributed by atoms with E-state index in [1.807, 2.05) is 0 Å². The number of amides is 1. The van der Waals surface area contributed by atoms with Crippen molar-refractivity contribution in [2.75, 3.05) is 27.3 Å². The zero-order valence-corrected chi connectivity index (χ0v) is 18.6. The fraction of sp³-hybridized carbons (Fsp3) is 0.250. The molecular weight excluding hydrogens is 441 g/mol. The maximum Gasteiger partial charge on any atom is 0.258 e. The molecule has 0 aliphatic carbocycles.